The monoisotopic (exact) mass is 203 g/mol. The first-order valence-corrected chi connectivity index (χ1v) is 6.11. The Morgan fingerprint density at radius 3 is 2.69 bits per heavy atom. The van der Waals surface area contributed by atoms with Crippen molar-refractivity contribution in [2.45, 2.75) is 36.7 Å². The van der Waals surface area contributed by atoms with Gasteiger partial charge in [0.05, 0.1) is 11.4 Å². The van der Waals surface area contributed by atoms with Gasteiger partial charge in [0.1, 0.15) is 0 Å². The Morgan fingerprint density at radius 1 is 1.46 bits per heavy atom. The van der Waals surface area contributed by atoms with Gasteiger partial charge in [-0.15, -0.1) is 0 Å². The molecule has 0 amide bonds. The third kappa shape index (κ3) is 0.765. The number of hydrogen-bond donors (Lipinski definition) is 1. The van der Waals surface area contributed by atoms with Gasteiger partial charge in [0, 0.05) is 11.5 Å². The van der Waals surface area contributed by atoms with Gasteiger partial charge in [0.15, 0.2) is 0 Å². The Labute approximate surface area is 77.6 Å². The van der Waals surface area contributed by atoms with Crippen molar-refractivity contribution in [2.24, 2.45) is 17.6 Å². The minimum Gasteiger partial charge on any atom is -0.323 e. The van der Waals surface area contributed by atoms with Crippen molar-refractivity contribution in [1.29, 1.82) is 0 Å². The summed E-state index contributed by atoms with van der Waals surface area (Å²) < 4.78 is 28.1. The van der Waals surface area contributed by atoms with Crippen LogP contribution in [0.15, 0.2) is 0 Å². The molecule has 1 aliphatic heterocycles. The summed E-state index contributed by atoms with van der Waals surface area (Å²) in [6.07, 6.45) is 1.39. The van der Waals surface area contributed by atoms with E-state index < -0.39 is 15.7 Å². The van der Waals surface area contributed by atoms with E-state index in [1.54, 1.807) is 0 Å². The van der Waals surface area contributed by atoms with Gasteiger partial charge in [-0.3, -0.25) is 4.18 Å². The lowest BCUT2D eigenvalue weighted by Crippen LogP contribution is -2.52. The quantitative estimate of drug-likeness (QED) is 0.555. The highest BCUT2D eigenvalue weighted by Gasteiger charge is 2.67. The van der Waals surface area contributed by atoms with E-state index in [1.165, 1.54) is 0 Å². The van der Waals surface area contributed by atoms with Gasteiger partial charge in [0.2, 0.25) is 0 Å². The fourth-order valence-corrected chi connectivity index (χ4v) is 5.21. The van der Waals surface area contributed by atoms with Crippen LogP contribution < -0.4 is 5.73 Å². The predicted molar refractivity (Wildman–Crippen MR) is 46.4 cm³/mol. The molecule has 2 aliphatic carbocycles. The molecular formula is C8H13NO3S. The van der Waals surface area contributed by atoms with Gasteiger partial charge in [-0.05, 0) is 25.7 Å². The molecule has 13 heavy (non-hydrogen) atoms. The Kier molecular flexibility index (Phi) is 1.23. The summed E-state index contributed by atoms with van der Waals surface area (Å²) in [5.74, 6) is 0.509. The Hall–Kier alpha value is -0.130. The molecule has 1 heterocycles. The van der Waals surface area contributed by atoms with Crippen molar-refractivity contribution in [3.05, 3.63) is 0 Å². The molecule has 0 spiro atoms. The minimum absolute atomic E-state index is 0.171. The molecule has 1 saturated heterocycles. The van der Waals surface area contributed by atoms with Crippen molar-refractivity contribution in [3.63, 3.8) is 0 Å². The molecule has 0 aromatic rings. The van der Waals surface area contributed by atoms with Crippen LogP contribution in [-0.4, -0.2) is 25.3 Å². The zero-order valence-electron chi connectivity index (χ0n) is 7.43. The van der Waals surface area contributed by atoms with Crippen molar-refractivity contribution in [1.82, 2.24) is 0 Å². The first-order chi connectivity index (χ1) is 5.93. The van der Waals surface area contributed by atoms with E-state index in [0.29, 0.717) is 12.3 Å². The fraction of sp³-hybridized carbons (Fsp3) is 1.00. The Morgan fingerprint density at radius 2 is 2.15 bits per heavy atom. The average Bonchev–Trinajstić information content (AvgIpc) is 2.54. The maximum Gasteiger partial charge on any atom is 0.270 e. The summed E-state index contributed by atoms with van der Waals surface area (Å²) in [6.45, 7) is 1.92. The Balaban J connectivity index is 2.14. The van der Waals surface area contributed by atoms with Crippen molar-refractivity contribution in [2.75, 3.05) is 0 Å². The number of nitrogens with two attached hydrogens (primary N) is 1. The van der Waals surface area contributed by atoms with Crippen LogP contribution in [0.25, 0.3) is 0 Å². The molecule has 3 fully saturated rings. The van der Waals surface area contributed by atoms with Crippen LogP contribution in [0.2, 0.25) is 0 Å². The lowest BCUT2D eigenvalue weighted by Gasteiger charge is -2.32. The molecule has 74 valence electrons. The highest BCUT2D eigenvalue weighted by Crippen LogP contribution is 2.57. The maximum absolute atomic E-state index is 11.5. The van der Waals surface area contributed by atoms with Crippen molar-refractivity contribution >= 4 is 10.1 Å². The van der Waals surface area contributed by atoms with Gasteiger partial charge in [0.25, 0.3) is 10.1 Å². The van der Waals surface area contributed by atoms with Gasteiger partial charge in [-0.1, -0.05) is 0 Å². The first-order valence-electron chi connectivity index (χ1n) is 4.64. The second kappa shape index (κ2) is 1.94. The van der Waals surface area contributed by atoms with Crippen LogP contribution in [0, 0.1) is 11.8 Å². The van der Waals surface area contributed by atoms with E-state index in [9.17, 15) is 8.42 Å². The number of fused-ring (bicyclic) bond motifs is 1. The third-order valence-electron chi connectivity index (χ3n) is 4.04. The fourth-order valence-electron chi connectivity index (χ4n) is 3.27. The first kappa shape index (κ1) is 8.20. The SMILES string of the molecule is CC1(N)C2CC3C1OS(=O)(=O)C3C2. The molecule has 5 unspecified atom stereocenters. The van der Waals surface area contributed by atoms with Gasteiger partial charge >= 0.3 is 0 Å². The highest BCUT2D eigenvalue weighted by molar-refractivity contribution is 7.87. The lowest BCUT2D eigenvalue weighted by atomic mass is 9.81. The molecule has 0 aromatic heterocycles. The van der Waals surface area contributed by atoms with E-state index in [2.05, 4.69) is 0 Å². The van der Waals surface area contributed by atoms with Crippen LogP contribution in [0.5, 0.6) is 0 Å². The van der Waals surface area contributed by atoms with E-state index in [-0.39, 0.29) is 17.3 Å². The van der Waals surface area contributed by atoms with Gasteiger partial charge in [-0.25, -0.2) is 0 Å². The molecule has 3 aliphatic rings. The molecule has 5 atom stereocenters. The highest BCUT2D eigenvalue weighted by atomic mass is 32.2. The predicted octanol–water partition coefficient (Wildman–Crippen LogP) is -0.159. The van der Waals surface area contributed by atoms with E-state index in [0.717, 1.165) is 6.42 Å². The Bertz CT molecular complexity index is 362. The van der Waals surface area contributed by atoms with E-state index in [4.69, 9.17) is 9.92 Å². The summed E-state index contributed by atoms with van der Waals surface area (Å²) >= 11 is 0. The number of rotatable bonds is 0. The second-order valence-corrected chi connectivity index (χ2v) is 6.53. The van der Waals surface area contributed by atoms with Crippen LogP contribution >= 0.6 is 0 Å². The zero-order chi connectivity index (χ0) is 9.43. The van der Waals surface area contributed by atoms with Gasteiger partial charge in [-0.2, -0.15) is 8.42 Å². The smallest absolute Gasteiger partial charge is 0.270 e. The van der Waals surface area contributed by atoms with Crippen LogP contribution in [0.3, 0.4) is 0 Å². The van der Waals surface area contributed by atoms with Crippen LogP contribution in [0.1, 0.15) is 19.8 Å². The molecule has 3 rings (SSSR count). The molecule has 2 saturated carbocycles. The molecule has 5 heteroatoms. The van der Waals surface area contributed by atoms with Crippen LogP contribution in [0.4, 0.5) is 0 Å². The topological polar surface area (TPSA) is 69.4 Å². The molecule has 2 N–H and O–H groups in total. The normalized spacial score (nSPS) is 61.7. The minimum atomic E-state index is -3.28. The lowest BCUT2D eigenvalue weighted by molar-refractivity contribution is 0.113. The molecule has 4 nitrogen and oxygen atoms in total. The van der Waals surface area contributed by atoms with E-state index in [1.807, 2.05) is 6.92 Å². The standard InChI is InChI=1S/C8H13NO3S/c1-8(9)4-2-5-6(3-4)13(10,11)12-7(5)8/h4-7H,2-3,9H2,1H3. The number of hydrogen-bond acceptors (Lipinski definition) is 4. The van der Waals surface area contributed by atoms with Gasteiger partial charge < -0.3 is 5.73 Å². The van der Waals surface area contributed by atoms with Crippen molar-refractivity contribution < 1.29 is 12.6 Å². The molecule has 2 bridgehead atoms. The zero-order valence-corrected chi connectivity index (χ0v) is 8.25. The second-order valence-electron chi connectivity index (χ2n) is 4.75. The molecule has 0 aromatic carbocycles. The average molecular weight is 203 g/mol. The molecule has 0 radical (unpaired) electrons. The summed E-state index contributed by atoms with van der Waals surface area (Å²) in [7, 11) is -3.28. The van der Waals surface area contributed by atoms with Crippen molar-refractivity contribution in [3.8, 4) is 0 Å². The summed E-state index contributed by atoms with van der Waals surface area (Å²) in [4.78, 5) is 0. The largest absolute Gasteiger partial charge is 0.323 e. The van der Waals surface area contributed by atoms with E-state index >= 15 is 0 Å². The maximum atomic E-state index is 11.5. The summed E-state index contributed by atoms with van der Waals surface area (Å²) in [5, 5.41) is -0.251. The summed E-state index contributed by atoms with van der Waals surface area (Å²) in [6, 6.07) is 0. The third-order valence-corrected chi connectivity index (χ3v) is 5.80. The summed E-state index contributed by atoms with van der Waals surface area (Å²) in [5.41, 5.74) is 5.65. The van der Waals surface area contributed by atoms with Crippen LogP contribution in [-0.2, 0) is 14.3 Å². The molecular weight excluding hydrogens is 190 g/mol.